The van der Waals surface area contributed by atoms with Crippen molar-refractivity contribution < 1.29 is 4.74 Å². The van der Waals surface area contributed by atoms with Gasteiger partial charge in [0.2, 0.25) is 0 Å². The monoisotopic (exact) mass is 334 g/mol. The number of nitrogens with one attached hydrogen (secondary N) is 2. The Bertz CT molecular complexity index is 1050. The third kappa shape index (κ3) is 2.27. The Hall–Kier alpha value is -2.93. The predicted molar refractivity (Wildman–Crippen MR) is 96.6 cm³/mol. The highest BCUT2D eigenvalue weighted by Crippen LogP contribution is 2.33. The molecule has 7 heteroatoms. The van der Waals surface area contributed by atoms with Crippen molar-refractivity contribution in [1.29, 1.82) is 0 Å². The average molecular weight is 334 g/mol. The zero-order valence-corrected chi connectivity index (χ0v) is 13.9. The number of rotatable bonds is 2. The summed E-state index contributed by atoms with van der Waals surface area (Å²) in [6, 6.07) is 4.37. The van der Waals surface area contributed by atoms with Gasteiger partial charge in [-0.2, -0.15) is 5.10 Å². The maximum Gasteiger partial charge on any atom is 0.140 e. The summed E-state index contributed by atoms with van der Waals surface area (Å²) in [5.41, 5.74) is 3.89. The molecule has 2 N–H and O–H groups in total. The molecular formula is C18H18N6O. The Morgan fingerprint density at radius 3 is 3.08 bits per heavy atom. The van der Waals surface area contributed by atoms with Gasteiger partial charge in [-0.1, -0.05) is 0 Å². The predicted octanol–water partition coefficient (Wildman–Crippen LogP) is 2.73. The molecule has 0 spiro atoms. The summed E-state index contributed by atoms with van der Waals surface area (Å²) in [6.45, 7) is 4.41. The third-order valence-electron chi connectivity index (χ3n) is 4.81. The van der Waals surface area contributed by atoms with Crippen molar-refractivity contribution >= 4 is 27.6 Å². The standard InChI is InChI=1S/C18H18N6O/c1-11-10-25-5-4-24(11)18-14-8-21-23-16(14)6-15(22-18)13-7-19-9-17-12(13)2-3-20-17/h2-3,6-9,11,20H,4-5,10H2,1H3,(H,21,23)/t11-/m1/s1. The number of H-pyrrole nitrogens is 2. The molecule has 0 unspecified atom stereocenters. The number of hydrogen-bond acceptors (Lipinski definition) is 5. The van der Waals surface area contributed by atoms with E-state index in [1.165, 1.54) is 0 Å². The molecule has 5 heterocycles. The van der Waals surface area contributed by atoms with Crippen LogP contribution in [0.4, 0.5) is 5.82 Å². The Labute approximate surface area is 144 Å². The molecular weight excluding hydrogens is 316 g/mol. The van der Waals surface area contributed by atoms with E-state index in [0.717, 1.165) is 45.4 Å². The molecule has 0 aromatic carbocycles. The Balaban J connectivity index is 1.73. The van der Waals surface area contributed by atoms with Crippen molar-refractivity contribution in [3.05, 3.63) is 36.9 Å². The number of nitrogens with zero attached hydrogens (tertiary/aromatic N) is 4. The van der Waals surface area contributed by atoms with Gasteiger partial charge in [0.05, 0.1) is 53.8 Å². The molecule has 1 aliphatic rings. The number of hydrogen-bond donors (Lipinski definition) is 2. The van der Waals surface area contributed by atoms with Gasteiger partial charge in [-0.05, 0) is 19.1 Å². The van der Waals surface area contributed by atoms with Gasteiger partial charge in [0.25, 0.3) is 0 Å². The summed E-state index contributed by atoms with van der Waals surface area (Å²) in [4.78, 5) is 14.9. The fraction of sp³-hybridized carbons (Fsp3) is 0.278. The van der Waals surface area contributed by atoms with Crippen molar-refractivity contribution in [3.63, 3.8) is 0 Å². The molecule has 1 saturated heterocycles. The molecule has 1 atom stereocenters. The number of pyridine rings is 2. The lowest BCUT2D eigenvalue weighted by Gasteiger charge is -2.34. The normalized spacial score (nSPS) is 18.3. The van der Waals surface area contributed by atoms with E-state index in [9.17, 15) is 0 Å². The molecule has 0 bridgehead atoms. The van der Waals surface area contributed by atoms with Crippen molar-refractivity contribution in [1.82, 2.24) is 25.1 Å². The number of aromatic nitrogens is 5. The summed E-state index contributed by atoms with van der Waals surface area (Å²) < 4.78 is 5.58. The molecule has 4 aromatic rings. The van der Waals surface area contributed by atoms with Gasteiger partial charge in [-0.15, -0.1) is 0 Å². The van der Waals surface area contributed by atoms with E-state index >= 15 is 0 Å². The number of fused-ring (bicyclic) bond motifs is 2. The van der Waals surface area contributed by atoms with E-state index < -0.39 is 0 Å². The van der Waals surface area contributed by atoms with Crippen LogP contribution in [0.2, 0.25) is 0 Å². The fourth-order valence-corrected chi connectivity index (χ4v) is 3.51. The Morgan fingerprint density at radius 1 is 1.20 bits per heavy atom. The van der Waals surface area contributed by atoms with Crippen LogP contribution in [-0.2, 0) is 4.74 Å². The van der Waals surface area contributed by atoms with Crippen molar-refractivity contribution in [2.75, 3.05) is 24.7 Å². The molecule has 1 aliphatic heterocycles. The van der Waals surface area contributed by atoms with E-state index in [2.05, 4.69) is 38.1 Å². The first kappa shape index (κ1) is 14.4. The summed E-state index contributed by atoms with van der Waals surface area (Å²) in [5.74, 6) is 0.949. The van der Waals surface area contributed by atoms with E-state index in [1.807, 2.05) is 30.9 Å². The smallest absolute Gasteiger partial charge is 0.140 e. The van der Waals surface area contributed by atoms with Gasteiger partial charge in [-0.3, -0.25) is 10.1 Å². The van der Waals surface area contributed by atoms with Crippen LogP contribution in [0.3, 0.4) is 0 Å². The minimum Gasteiger partial charge on any atom is -0.377 e. The quantitative estimate of drug-likeness (QED) is 0.589. The zero-order chi connectivity index (χ0) is 16.8. The molecule has 0 saturated carbocycles. The highest BCUT2D eigenvalue weighted by Gasteiger charge is 2.23. The van der Waals surface area contributed by atoms with E-state index in [-0.39, 0.29) is 6.04 Å². The highest BCUT2D eigenvalue weighted by molar-refractivity contribution is 5.98. The molecule has 0 aliphatic carbocycles. The molecule has 4 aromatic heterocycles. The maximum absolute atomic E-state index is 5.58. The van der Waals surface area contributed by atoms with Gasteiger partial charge in [0.15, 0.2) is 0 Å². The van der Waals surface area contributed by atoms with Crippen LogP contribution < -0.4 is 4.90 Å². The lowest BCUT2D eigenvalue weighted by atomic mass is 10.1. The van der Waals surface area contributed by atoms with Gasteiger partial charge in [0.1, 0.15) is 5.82 Å². The molecule has 0 radical (unpaired) electrons. The minimum absolute atomic E-state index is 0.274. The summed E-state index contributed by atoms with van der Waals surface area (Å²) >= 11 is 0. The second-order valence-electron chi connectivity index (χ2n) is 6.41. The molecule has 126 valence electrons. The number of aromatic amines is 2. The SMILES string of the molecule is C[C@@H]1COCCN1c1nc(-c2cncc3[nH]ccc23)cc2[nH]ncc12. The highest BCUT2D eigenvalue weighted by atomic mass is 16.5. The first-order valence-corrected chi connectivity index (χ1v) is 8.41. The zero-order valence-electron chi connectivity index (χ0n) is 13.9. The Morgan fingerprint density at radius 2 is 2.16 bits per heavy atom. The summed E-state index contributed by atoms with van der Waals surface area (Å²) in [7, 11) is 0. The average Bonchev–Trinajstić information content (AvgIpc) is 3.30. The maximum atomic E-state index is 5.58. The van der Waals surface area contributed by atoms with Gasteiger partial charge >= 0.3 is 0 Å². The van der Waals surface area contributed by atoms with Gasteiger partial charge < -0.3 is 14.6 Å². The lowest BCUT2D eigenvalue weighted by Crippen LogP contribution is -2.44. The number of ether oxygens (including phenoxy) is 1. The fourth-order valence-electron chi connectivity index (χ4n) is 3.51. The number of anilines is 1. The lowest BCUT2D eigenvalue weighted by molar-refractivity contribution is 0.0987. The first-order valence-electron chi connectivity index (χ1n) is 8.41. The Kier molecular flexibility index (Phi) is 3.21. The third-order valence-corrected chi connectivity index (χ3v) is 4.81. The molecule has 7 nitrogen and oxygen atoms in total. The van der Waals surface area contributed by atoms with Gasteiger partial charge in [-0.25, -0.2) is 4.98 Å². The second-order valence-corrected chi connectivity index (χ2v) is 6.41. The van der Waals surface area contributed by atoms with E-state index in [4.69, 9.17) is 9.72 Å². The summed E-state index contributed by atoms with van der Waals surface area (Å²) in [5, 5.41) is 9.46. The van der Waals surface area contributed by atoms with Crippen LogP contribution in [0, 0.1) is 0 Å². The first-order chi connectivity index (χ1) is 12.3. The molecule has 5 rings (SSSR count). The second kappa shape index (κ2) is 5.56. The van der Waals surface area contributed by atoms with E-state index in [1.54, 1.807) is 0 Å². The largest absolute Gasteiger partial charge is 0.377 e. The van der Waals surface area contributed by atoms with Crippen LogP contribution in [0.1, 0.15) is 6.92 Å². The van der Waals surface area contributed by atoms with Crippen LogP contribution in [0.5, 0.6) is 0 Å². The van der Waals surface area contributed by atoms with Crippen LogP contribution >= 0.6 is 0 Å². The minimum atomic E-state index is 0.274. The van der Waals surface area contributed by atoms with Crippen molar-refractivity contribution in [2.45, 2.75) is 13.0 Å². The number of morpholine rings is 1. The van der Waals surface area contributed by atoms with Crippen molar-refractivity contribution in [3.8, 4) is 11.3 Å². The van der Waals surface area contributed by atoms with Crippen molar-refractivity contribution in [2.24, 2.45) is 0 Å². The molecule has 25 heavy (non-hydrogen) atoms. The van der Waals surface area contributed by atoms with Gasteiger partial charge in [0, 0.05) is 29.9 Å². The summed E-state index contributed by atoms with van der Waals surface area (Å²) in [6.07, 6.45) is 7.47. The molecule has 1 fully saturated rings. The molecule has 0 amide bonds. The van der Waals surface area contributed by atoms with Crippen LogP contribution in [0.25, 0.3) is 33.1 Å². The topological polar surface area (TPSA) is 82.7 Å². The van der Waals surface area contributed by atoms with Crippen LogP contribution in [0.15, 0.2) is 36.9 Å². The van der Waals surface area contributed by atoms with E-state index in [0.29, 0.717) is 13.2 Å². The van der Waals surface area contributed by atoms with Crippen LogP contribution in [-0.4, -0.2) is 50.9 Å².